The number of carbonyl (C=O) groups excluding carboxylic acids is 1. The Morgan fingerprint density at radius 1 is 1.00 bits per heavy atom. The molecule has 2 heterocycles. The van der Waals surface area contributed by atoms with Crippen molar-refractivity contribution in [3.05, 3.63) is 28.8 Å². The monoisotopic (exact) mass is 489 g/mol. The molecule has 0 aliphatic heterocycles. The number of hydrogen-bond donors (Lipinski definition) is 2. The van der Waals surface area contributed by atoms with E-state index in [9.17, 15) is 9.59 Å². The van der Waals surface area contributed by atoms with Gasteiger partial charge in [0.25, 0.3) is 5.56 Å². The molecule has 0 radical (unpaired) electrons. The van der Waals surface area contributed by atoms with Crippen molar-refractivity contribution in [3.63, 3.8) is 0 Å². The number of anilines is 1. The number of esters is 1. The van der Waals surface area contributed by atoms with Gasteiger partial charge in [0.2, 0.25) is 5.95 Å². The minimum Gasteiger partial charge on any atom is -0.463 e. The quantitative estimate of drug-likeness (QED) is 0.148. The second-order valence-electron chi connectivity index (χ2n) is 8.93. The number of hydrogen-bond acceptors (Lipinski definition) is 7. The van der Waals surface area contributed by atoms with Gasteiger partial charge in [-0.15, -0.1) is 0 Å². The Morgan fingerprint density at radius 3 is 2.37 bits per heavy atom. The molecule has 0 saturated carbocycles. The maximum atomic E-state index is 11.9. The van der Waals surface area contributed by atoms with Crippen LogP contribution in [0, 0.1) is 0 Å². The number of imidazole rings is 1. The van der Waals surface area contributed by atoms with E-state index in [2.05, 4.69) is 34.0 Å². The van der Waals surface area contributed by atoms with Gasteiger partial charge in [0.05, 0.1) is 12.9 Å². The summed E-state index contributed by atoms with van der Waals surface area (Å²) in [5.41, 5.74) is 5.73. The number of nitrogens with one attached hydrogen (secondary N) is 1. The molecule has 0 spiro atoms. The lowest BCUT2D eigenvalue weighted by Gasteiger charge is -2.07. The van der Waals surface area contributed by atoms with Gasteiger partial charge in [-0.25, -0.2) is 4.98 Å². The van der Waals surface area contributed by atoms with Gasteiger partial charge in [0.15, 0.2) is 11.2 Å². The second kappa shape index (κ2) is 17.7. The van der Waals surface area contributed by atoms with Crippen LogP contribution in [0.15, 0.2) is 23.3 Å². The van der Waals surface area contributed by atoms with E-state index in [4.69, 9.17) is 15.2 Å². The summed E-state index contributed by atoms with van der Waals surface area (Å²) >= 11 is 0. The highest BCUT2D eigenvalue weighted by Crippen LogP contribution is 2.10. The van der Waals surface area contributed by atoms with Gasteiger partial charge in [-0.05, 0) is 32.1 Å². The molecule has 0 unspecified atom stereocenters. The van der Waals surface area contributed by atoms with E-state index in [0.29, 0.717) is 12.1 Å². The molecule has 9 nitrogen and oxygen atoms in total. The minimum absolute atomic E-state index is 0.0221. The Morgan fingerprint density at radius 2 is 1.66 bits per heavy atom. The van der Waals surface area contributed by atoms with Crippen LogP contribution < -0.4 is 11.3 Å². The highest BCUT2D eigenvalue weighted by atomic mass is 16.6. The number of ether oxygens (including phenoxy) is 2. The van der Waals surface area contributed by atoms with Gasteiger partial charge < -0.3 is 15.2 Å². The molecule has 0 fully saturated rings. The molecule has 0 atom stereocenters. The van der Waals surface area contributed by atoms with Crippen LogP contribution in [-0.4, -0.2) is 38.7 Å². The lowest BCUT2D eigenvalue weighted by atomic mass is 10.1. The topological polar surface area (TPSA) is 125 Å². The second-order valence-corrected chi connectivity index (χ2v) is 8.93. The summed E-state index contributed by atoms with van der Waals surface area (Å²) in [6.07, 6.45) is 22.6. The molecular weight excluding hydrogens is 446 g/mol. The van der Waals surface area contributed by atoms with Gasteiger partial charge in [-0.2, -0.15) is 4.98 Å². The number of aromatic nitrogens is 4. The van der Waals surface area contributed by atoms with E-state index >= 15 is 0 Å². The third-order valence-corrected chi connectivity index (χ3v) is 5.86. The zero-order chi connectivity index (χ0) is 25.1. The van der Waals surface area contributed by atoms with Gasteiger partial charge in [0, 0.05) is 6.42 Å². The van der Waals surface area contributed by atoms with Crippen molar-refractivity contribution in [2.75, 3.05) is 18.9 Å². The van der Waals surface area contributed by atoms with Gasteiger partial charge in [0.1, 0.15) is 13.3 Å². The third kappa shape index (κ3) is 12.0. The predicted octanol–water partition coefficient (Wildman–Crippen LogP) is 5.26. The molecule has 3 N–H and O–H groups in total. The molecule has 0 aliphatic rings. The van der Waals surface area contributed by atoms with Crippen LogP contribution in [-0.2, 0) is 21.0 Å². The zero-order valence-corrected chi connectivity index (χ0v) is 21.3. The van der Waals surface area contributed by atoms with Crippen LogP contribution >= 0.6 is 0 Å². The molecule has 2 rings (SSSR count). The van der Waals surface area contributed by atoms with E-state index in [1.54, 1.807) is 4.57 Å². The van der Waals surface area contributed by atoms with Gasteiger partial charge in [-0.1, -0.05) is 70.4 Å². The van der Waals surface area contributed by atoms with Crippen molar-refractivity contribution in [3.8, 4) is 0 Å². The summed E-state index contributed by atoms with van der Waals surface area (Å²) < 4.78 is 12.3. The Balaban J connectivity index is 1.39. The molecule has 0 saturated heterocycles. The van der Waals surface area contributed by atoms with Crippen molar-refractivity contribution in [2.24, 2.45) is 0 Å². The van der Waals surface area contributed by atoms with Crippen molar-refractivity contribution < 1.29 is 14.3 Å². The molecular formula is C26H43N5O4. The Hall–Kier alpha value is -2.68. The van der Waals surface area contributed by atoms with E-state index in [-0.39, 0.29) is 37.4 Å². The van der Waals surface area contributed by atoms with Crippen LogP contribution in [0.1, 0.15) is 96.8 Å². The van der Waals surface area contributed by atoms with Crippen molar-refractivity contribution >= 4 is 23.1 Å². The number of nitrogens with two attached hydrogens (primary N) is 1. The Labute approximate surface area is 208 Å². The van der Waals surface area contributed by atoms with Crippen LogP contribution in [0.4, 0.5) is 5.95 Å². The summed E-state index contributed by atoms with van der Waals surface area (Å²) in [5, 5.41) is 0. The fourth-order valence-corrected chi connectivity index (χ4v) is 3.85. The number of allylic oxidation sites excluding steroid dienone is 2. The molecule has 35 heavy (non-hydrogen) atoms. The Kier molecular flexibility index (Phi) is 14.5. The summed E-state index contributed by atoms with van der Waals surface area (Å²) in [7, 11) is 0. The first-order valence-corrected chi connectivity index (χ1v) is 13.2. The zero-order valence-electron chi connectivity index (χ0n) is 21.3. The van der Waals surface area contributed by atoms with Gasteiger partial charge in [-0.3, -0.25) is 19.1 Å². The standard InChI is InChI=1S/C26H43N5O4/c1-2-3-4-5-6-7-8-9-10-11-12-13-14-15-16-17-22(32)35-19-18-34-21-31-20-28-23-24(31)29-26(27)30-25(23)33/h9-10,20H,2-8,11-19,21H2,1H3,(H3,27,29,30,33)/b10-9-. The predicted molar refractivity (Wildman–Crippen MR) is 139 cm³/mol. The largest absolute Gasteiger partial charge is 0.463 e. The summed E-state index contributed by atoms with van der Waals surface area (Å²) in [6, 6.07) is 0. The van der Waals surface area contributed by atoms with Crippen molar-refractivity contribution in [1.82, 2.24) is 19.5 Å². The fraction of sp³-hybridized carbons (Fsp3) is 0.692. The number of unbranched alkanes of at least 4 members (excludes halogenated alkanes) is 11. The third-order valence-electron chi connectivity index (χ3n) is 5.86. The molecule has 9 heteroatoms. The summed E-state index contributed by atoms with van der Waals surface area (Å²) in [4.78, 5) is 34.1. The SMILES string of the molecule is CCCCCCCC/C=C\CCCCCCCC(=O)OCCOCn1cnc2c(=O)[nH]c(N)nc21. The smallest absolute Gasteiger partial charge is 0.305 e. The molecule has 0 aromatic carbocycles. The first-order valence-electron chi connectivity index (χ1n) is 13.2. The number of aromatic amines is 1. The first kappa shape index (κ1) is 28.6. The van der Waals surface area contributed by atoms with E-state index in [1.165, 1.54) is 64.1 Å². The molecule has 2 aromatic rings. The van der Waals surface area contributed by atoms with E-state index < -0.39 is 5.56 Å². The van der Waals surface area contributed by atoms with Crippen LogP contribution in [0.3, 0.4) is 0 Å². The summed E-state index contributed by atoms with van der Waals surface area (Å²) in [5.74, 6) is -0.172. The molecule has 0 amide bonds. The number of nitrogen functional groups attached to an aromatic ring is 1. The maximum absolute atomic E-state index is 11.9. The van der Waals surface area contributed by atoms with Crippen LogP contribution in [0.5, 0.6) is 0 Å². The van der Waals surface area contributed by atoms with Gasteiger partial charge >= 0.3 is 5.97 Å². The van der Waals surface area contributed by atoms with Crippen LogP contribution in [0.2, 0.25) is 0 Å². The van der Waals surface area contributed by atoms with E-state index in [0.717, 1.165) is 25.7 Å². The lowest BCUT2D eigenvalue weighted by Crippen LogP contribution is -2.14. The molecule has 2 aromatic heterocycles. The van der Waals surface area contributed by atoms with E-state index in [1.807, 2.05) is 0 Å². The lowest BCUT2D eigenvalue weighted by molar-refractivity contribution is -0.145. The highest BCUT2D eigenvalue weighted by Gasteiger charge is 2.09. The average Bonchev–Trinajstić information content (AvgIpc) is 3.24. The average molecular weight is 490 g/mol. The number of rotatable bonds is 20. The molecule has 0 bridgehead atoms. The van der Waals surface area contributed by atoms with Crippen molar-refractivity contribution in [2.45, 2.75) is 104 Å². The van der Waals surface area contributed by atoms with Crippen LogP contribution in [0.25, 0.3) is 11.2 Å². The fourth-order valence-electron chi connectivity index (χ4n) is 3.85. The molecule has 0 aliphatic carbocycles. The number of H-pyrrole nitrogens is 1. The number of fused-ring (bicyclic) bond motifs is 1. The normalized spacial score (nSPS) is 11.6. The highest BCUT2D eigenvalue weighted by molar-refractivity contribution is 5.70. The molecule has 196 valence electrons. The first-order chi connectivity index (χ1) is 17.1. The number of nitrogens with zero attached hydrogens (tertiary/aromatic N) is 3. The summed E-state index contributed by atoms with van der Waals surface area (Å²) in [6.45, 7) is 2.83. The number of carbonyl (C=O) groups is 1. The minimum atomic E-state index is -0.393. The Bertz CT molecular complexity index is 937. The maximum Gasteiger partial charge on any atom is 0.305 e. The van der Waals surface area contributed by atoms with Crippen molar-refractivity contribution in [1.29, 1.82) is 0 Å².